The van der Waals surface area contributed by atoms with E-state index >= 15 is 0 Å². The monoisotopic (exact) mass is 319 g/mol. The average molecular weight is 320 g/mol. The van der Waals surface area contributed by atoms with E-state index in [2.05, 4.69) is 46.4 Å². The van der Waals surface area contributed by atoms with Gasteiger partial charge in [-0.2, -0.15) is 0 Å². The van der Waals surface area contributed by atoms with Crippen molar-refractivity contribution < 1.29 is 5.11 Å². The lowest BCUT2D eigenvalue weighted by Gasteiger charge is -2.17. The van der Waals surface area contributed by atoms with Crippen LogP contribution >= 0.6 is 15.9 Å². The number of aliphatic hydroxyl groups excluding tert-OH is 1. The molecule has 3 heteroatoms. The van der Waals surface area contributed by atoms with E-state index in [-0.39, 0.29) is 12.6 Å². The van der Waals surface area contributed by atoms with E-state index in [0.717, 1.165) is 16.6 Å². The number of rotatable bonds is 5. The molecule has 0 fully saturated rings. The molecule has 19 heavy (non-hydrogen) atoms. The van der Waals surface area contributed by atoms with Crippen LogP contribution in [0.5, 0.6) is 0 Å². The van der Waals surface area contributed by atoms with Crippen molar-refractivity contribution in [1.82, 2.24) is 5.32 Å². The summed E-state index contributed by atoms with van der Waals surface area (Å²) in [5.41, 5.74) is 3.54. The van der Waals surface area contributed by atoms with Gasteiger partial charge in [0, 0.05) is 11.0 Å². The van der Waals surface area contributed by atoms with E-state index in [1.807, 2.05) is 30.3 Å². The van der Waals surface area contributed by atoms with Gasteiger partial charge in [0.1, 0.15) is 0 Å². The average Bonchev–Trinajstić information content (AvgIpc) is 2.44. The number of benzene rings is 2. The molecule has 0 spiro atoms. The number of hydrogen-bond acceptors (Lipinski definition) is 2. The highest BCUT2D eigenvalue weighted by molar-refractivity contribution is 9.10. The molecule has 0 aromatic heterocycles. The largest absolute Gasteiger partial charge is 0.394 e. The lowest BCUT2D eigenvalue weighted by molar-refractivity contribution is 0.243. The number of nitrogens with one attached hydrogen (secondary N) is 1. The molecule has 0 aliphatic heterocycles. The van der Waals surface area contributed by atoms with E-state index in [9.17, 15) is 5.11 Å². The van der Waals surface area contributed by atoms with Crippen molar-refractivity contribution in [2.75, 3.05) is 6.61 Å². The van der Waals surface area contributed by atoms with E-state index in [1.54, 1.807) is 0 Å². The maximum atomic E-state index is 9.48. The highest BCUT2D eigenvalue weighted by atomic mass is 79.9. The topological polar surface area (TPSA) is 32.3 Å². The molecular formula is C16H18BrNO. The van der Waals surface area contributed by atoms with Crippen LogP contribution in [0.15, 0.2) is 53.0 Å². The van der Waals surface area contributed by atoms with Gasteiger partial charge in [0.15, 0.2) is 0 Å². The summed E-state index contributed by atoms with van der Waals surface area (Å²) in [6, 6.07) is 16.3. The second-order valence-corrected chi connectivity index (χ2v) is 5.46. The predicted octanol–water partition coefficient (Wildman–Crippen LogP) is 3.58. The summed E-state index contributed by atoms with van der Waals surface area (Å²) < 4.78 is 1.12. The predicted molar refractivity (Wildman–Crippen MR) is 82.0 cm³/mol. The summed E-state index contributed by atoms with van der Waals surface area (Å²) in [6.45, 7) is 2.90. The lowest BCUT2D eigenvalue weighted by atomic mass is 10.1. The van der Waals surface area contributed by atoms with Crippen LogP contribution in [0, 0.1) is 6.92 Å². The van der Waals surface area contributed by atoms with Gasteiger partial charge in [0.25, 0.3) is 0 Å². The highest BCUT2D eigenvalue weighted by Gasteiger charge is 2.09. The minimum Gasteiger partial charge on any atom is -0.394 e. The van der Waals surface area contributed by atoms with Crippen LogP contribution in [-0.4, -0.2) is 11.7 Å². The molecule has 2 aromatic carbocycles. The quantitative estimate of drug-likeness (QED) is 0.882. The fourth-order valence-electron chi connectivity index (χ4n) is 1.96. The van der Waals surface area contributed by atoms with E-state index < -0.39 is 0 Å². The zero-order valence-electron chi connectivity index (χ0n) is 10.9. The second-order valence-electron chi connectivity index (χ2n) is 4.61. The molecule has 1 atom stereocenters. The van der Waals surface area contributed by atoms with E-state index in [0.29, 0.717) is 0 Å². The molecule has 2 aromatic rings. The van der Waals surface area contributed by atoms with Crippen LogP contribution in [0.25, 0.3) is 0 Å². The molecule has 100 valence electrons. The molecule has 0 radical (unpaired) electrons. The van der Waals surface area contributed by atoms with Crippen molar-refractivity contribution in [3.8, 4) is 0 Å². The zero-order chi connectivity index (χ0) is 13.7. The van der Waals surface area contributed by atoms with Crippen molar-refractivity contribution in [2.24, 2.45) is 0 Å². The lowest BCUT2D eigenvalue weighted by Crippen LogP contribution is -2.23. The van der Waals surface area contributed by atoms with Gasteiger partial charge < -0.3 is 10.4 Å². The van der Waals surface area contributed by atoms with Crippen molar-refractivity contribution >= 4 is 15.9 Å². The summed E-state index contributed by atoms with van der Waals surface area (Å²) in [5.74, 6) is 0. The third-order valence-corrected chi connectivity index (χ3v) is 4.03. The third-order valence-electron chi connectivity index (χ3n) is 3.17. The molecular weight excluding hydrogens is 302 g/mol. The standard InChI is InChI=1S/C16H18BrNO/c1-12-7-8-13(9-15(12)17)10-18-16(11-19)14-5-3-2-4-6-14/h2-9,16,18-19H,10-11H2,1H3/t16-/m0/s1. The van der Waals surface area contributed by atoms with E-state index in [4.69, 9.17) is 0 Å². The van der Waals surface area contributed by atoms with Crippen molar-refractivity contribution in [3.05, 3.63) is 69.7 Å². The normalized spacial score (nSPS) is 12.4. The molecule has 2 nitrogen and oxygen atoms in total. The Morgan fingerprint density at radius 3 is 2.53 bits per heavy atom. The van der Waals surface area contributed by atoms with Gasteiger partial charge in [-0.3, -0.25) is 0 Å². The second kappa shape index (κ2) is 6.85. The van der Waals surface area contributed by atoms with Gasteiger partial charge in [-0.05, 0) is 29.7 Å². The maximum absolute atomic E-state index is 9.48. The fraction of sp³-hybridized carbons (Fsp3) is 0.250. The first-order valence-electron chi connectivity index (χ1n) is 6.35. The van der Waals surface area contributed by atoms with Crippen LogP contribution in [0.4, 0.5) is 0 Å². The Morgan fingerprint density at radius 2 is 1.89 bits per heavy atom. The zero-order valence-corrected chi connectivity index (χ0v) is 12.5. The molecule has 0 heterocycles. The van der Waals surface area contributed by atoms with Crippen molar-refractivity contribution in [2.45, 2.75) is 19.5 Å². The molecule has 2 rings (SSSR count). The molecule has 0 saturated heterocycles. The Morgan fingerprint density at radius 1 is 1.16 bits per heavy atom. The Kier molecular flexibility index (Phi) is 5.14. The first kappa shape index (κ1) is 14.3. The van der Waals surface area contributed by atoms with Crippen LogP contribution < -0.4 is 5.32 Å². The Hall–Kier alpha value is -1.16. The van der Waals surface area contributed by atoms with Crippen molar-refractivity contribution in [1.29, 1.82) is 0 Å². The minimum absolute atomic E-state index is 0.0266. The smallest absolute Gasteiger partial charge is 0.0626 e. The number of hydrogen-bond donors (Lipinski definition) is 2. The fourth-order valence-corrected chi connectivity index (χ4v) is 2.39. The number of aliphatic hydroxyl groups is 1. The summed E-state index contributed by atoms with van der Waals surface area (Å²) >= 11 is 3.54. The van der Waals surface area contributed by atoms with Gasteiger partial charge >= 0.3 is 0 Å². The van der Waals surface area contributed by atoms with E-state index in [1.165, 1.54) is 11.1 Å². The molecule has 0 aliphatic rings. The van der Waals surface area contributed by atoms with Gasteiger partial charge in [-0.15, -0.1) is 0 Å². The van der Waals surface area contributed by atoms with Gasteiger partial charge in [-0.25, -0.2) is 0 Å². The van der Waals surface area contributed by atoms with Gasteiger partial charge in [0.2, 0.25) is 0 Å². The van der Waals surface area contributed by atoms with Crippen LogP contribution in [0.1, 0.15) is 22.7 Å². The van der Waals surface area contributed by atoms with Crippen LogP contribution in [-0.2, 0) is 6.54 Å². The van der Waals surface area contributed by atoms with Crippen molar-refractivity contribution in [3.63, 3.8) is 0 Å². The summed E-state index contributed by atoms with van der Waals surface area (Å²) in [5, 5.41) is 12.9. The van der Waals surface area contributed by atoms with Crippen LogP contribution in [0.3, 0.4) is 0 Å². The molecule has 0 unspecified atom stereocenters. The van der Waals surface area contributed by atoms with Gasteiger partial charge in [0.05, 0.1) is 12.6 Å². The third kappa shape index (κ3) is 3.90. The van der Waals surface area contributed by atoms with Crippen LogP contribution in [0.2, 0.25) is 0 Å². The summed E-state index contributed by atoms with van der Waals surface area (Å²) in [4.78, 5) is 0. The molecule has 0 aliphatic carbocycles. The van der Waals surface area contributed by atoms with Gasteiger partial charge in [-0.1, -0.05) is 58.4 Å². The summed E-state index contributed by atoms with van der Waals surface area (Å²) in [7, 11) is 0. The first-order chi connectivity index (χ1) is 9.20. The number of aryl methyl sites for hydroxylation is 1. The molecule has 0 bridgehead atoms. The number of halogens is 1. The maximum Gasteiger partial charge on any atom is 0.0626 e. The Bertz CT molecular complexity index is 528. The highest BCUT2D eigenvalue weighted by Crippen LogP contribution is 2.18. The first-order valence-corrected chi connectivity index (χ1v) is 7.14. The molecule has 2 N–H and O–H groups in total. The molecule has 0 saturated carbocycles. The summed E-state index contributed by atoms with van der Waals surface area (Å²) in [6.07, 6.45) is 0. The molecule has 0 amide bonds. The Balaban J connectivity index is 2.02. The Labute approximate surface area is 122 Å². The minimum atomic E-state index is -0.0266. The SMILES string of the molecule is Cc1ccc(CN[C@@H](CO)c2ccccc2)cc1Br.